The van der Waals surface area contributed by atoms with Crippen molar-refractivity contribution in [3.63, 3.8) is 0 Å². The number of nitrogens with zero attached hydrogens (tertiary/aromatic N) is 2. The molecular weight excluding hydrogens is 290 g/mol. The summed E-state index contributed by atoms with van der Waals surface area (Å²) in [6.45, 7) is 7.69. The summed E-state index contributed by atoms with van der Waals surface area (Å²) in [5, 5.41) is 7.13. The van der Waals surface area contributed by atoms with Crippen molar-refractivity contribution in [2.24, 2.45) is 0 Å². The first-order valence-electron chi connectivity index (χ1n) is 7.92. The number of anilines is 1. The maximum atomic E-state index is 12.4. The summed E-state index contributed by atoms with van der Waals surface area (Å²) in [6.07, 6.45) is 1.68. The molecule has 1 aromatic heterocycles. The highest BCUT2D eigenvalue weighted by Gasteiger charge is 2.12. The second-order valence-electron chi connectivity index (χ2n) is 5.62. The van der Waals surface area contributed by atoms with Gasteiger partial charge in [-0.2, -0.15) is 5.10 Å². The molecule has 5 nitrogen and oxygen atoms in total. The lowest BCUT2D eigenvalue weighted by Gasteiger charge is -2.15. The number of para-hydroxylation sites is 1. The Morgan fingerprint density at radius 1 is 1.17 bits per heavy atom. The van der Waals surface area contributed by atoms with Gasteiger partial charge in [0.25, 0.3) is 5.56 Å². The Labute approximate surface area is 136 Å². The van der Waals surface area contributed by atoms with Crippen LogP contribution in [0.25, 0.3) is 0 Å². The Bertz CT molecular complexity index is 756. The number of nitrogens with one attached hydrogen (secondary N) is 1. The number of carbonyl (C=O) groups is 1. The fourth-order valence-electron chi connectivity index (χ4n) is 2.50. The van der Waals surface area contributed by atoms with Crippen molar-refractivity contribution in [1.82, 2.24) is 9.78 Å². The van der Waals surface area contributed by atoms with Crippen LogP contribution in [0.5, 0.6) is 0 Å². The molecule has 2 aromatic rings. The molecule has 1 amide bonds. The lowest BCUT2D eigenvalue weighted by molar-refractivity contribution is -0.117. The van der Waals surface area contributed by atoms with Crippen molar-refractivity contribution in [2.45, 2.75) is 47.1 Å². The van der Waals surface area contributed by atoms with Gasteiger partial charge < -0.3 is 5.32 Å². The summed E-state index contributed by atoms with van der Waals surface area (Å²) in [7, 11) is 0. The molecule has 0 unspecified atom stereocenters. The minimum Gasteiger partial charge on any atom is -0.324 e. The van der Waals surface area contributed by atoms with E-state index in [0.717, 1.165) is 40.9 Å². The van der Waals surface area contributed by atoms with Gasteiger partial charge in [-0.25, -0.2) is 4.68 Å². The van der Waals surface area contributed by atoms with Gasteiger partial charge in [0.15, 0.2) is 0 Å². The van der Waals surface area contributed by atoms with E-state index in [9.17, 15) is 9.59 Å². The summed E-state index contributed by atoms with van der Waals surface area (Å²) >= 11 is 0. The standard InChI is InChI=1S/C18H23N3O2/c1-5-14-8-7-9-15(6-2)18(14)19-16(22)11-21-17(23)10-12(3)13(4)20-21/h7-10H,5-6,11H2,1-4H3,(H,19,22). The Balaban J connectivity index is 2.24. The molecule has 2 rings (SSSR count). The Kier molecular flexibility index (Phi) is 5.32. The monoisotopic (exact) mass is 313 g/mol. The Morgan fingerprint density at radius 2 is 1.78 bits per heavy atom. The molecule has 0 aliphatic heterocycles. The highest BCUT2D eigenvalue weighted by Crippen LogP contribution is 2.22. The van der Waals surface area contributed by atoms with Gasteiger partial charge in [0, 0.05) is 11.8 Å². The topological polar surface area (TPSA) is 64.0 Å². The van der Waals surface area contributed by atoms with Crippen LogP contribution in [0.1, 0.15) is 36.2 Å². The third-order valence-corrected chi connectivity index (χ3v) is 3.99. The van der Waals surface area contributed by atoms with Crippen molar-refractivity contribution in [1.29, 1.82) is 0 Å². The molecule has 0 fully saturated rings. The predicted octanol–water partition coefficient (Wildman–Crippen LogP) is 2.62. The van der Waals surface area contributed by atoms with Gasteiger partial charge in [-0.3, -0.25) is 9.59 Å². The first-order valence-corrected chi connectivity index (χ1v) is 7.92. The molecule has 0 radical (unpaired) electrons. The van der Waals surface area contributed by atoms with E-state index in [1.807, 2.05) is 32.0 Å². The van der Waals surface area contributed by atoms with E-state index in [2.05, 4.69) is 24.3 Å². The van der Waals surface area contributed by atoms with Crippen LogP contribution in [-0.2, 0) is 24.2 Å². The Morgan fingerprint density at radius 3 is 2.35 bits per heavy atom. The van der Waals surface area contributed by atoms with Gasteiger partial charge in [-0.1, -0.05) is 32.0 Å². The Hall–Kier alpha value is -2.43. The summed E-state index contributed by atoms with van der Waals surface area (Å²) in [6, 6.07) is 7.53. The zero-order valence-electron chi connectivity index (χ0n) is 14.1. The molecule has 0 atom stereocenters. The fourth-order valence-corrected chi connectivity index (χ4v) is 2.50. The van der Waals surface area contributed by atoms with Crippen LogP contribution in [0.2, 0.25) is 0 Å². The summed E-state index contributed by atoms with van der Waals surface area (Å²) in [5.74, 6) is -0.238. The van der Waals surface area contributed by atoms with Crippen LogP contribution in [0.15, 0.2) is 29.1 Å². The third-order valence-electron chi connectivity index (χ3n) is 3.99. The number of amides is 1. The van der Waals surface area contributed by atoms with Gasteiger partial charge in [0.05, 0.1) is 5.69 Å². The molecule has 1 heterocycles. The van der Waals surface area contributed by atoms with Crippen molar-refractivity contribution >= 4 is 11.6 Å². The molecule has 23 heavy (non-hydrogen) atoms. The molecule has 0 spiro atoms. The first kappa shape index (κ1) is 16.9. The van der Waals surface area contributed by atoms with Crippen LogP contribution in [-0.4, -0.2) is 15.7 Å². The largest absolute Gasteiger partial charge is 0.324 e. The number of hydrogen-bond acceptors (Lipinski definition) is 3. The van der Waals surface area contributed by atoms with Gasteiger partial charge in [-0.05, 0) is 43.4 Å². The fraction of sp³-hybridized carbons (Fsp3) is 0.389. The molecular formula is C18H23N3O2. The summed E-state index contributed by atoms with van der Waals surface area (Å²) in [4.78, 5) is 24.3. The van der Waals surface area contributed by atoms with Crippen LogP contribution in [0.3, 0.4) is 0 Å². The maximum absolute atomic E-state index is 12.4. The zero-order valence-corrected chi connectivity index (χ0v) is 14.1. The SMILES string of the molecule is CCc1cccc(CC)c1NC(=O)Cn1nc(C)c(C)cc1=O. The minimum absolute atomic E-state index is 0.0822. The van der Waals surface area contributed by atoms with Gasteiger partial charge in [-0.15, -0.1) is 0 Å². The number of benzene rings is 1. The average Bonchev–Trinajstić information content (AvgIpc) is 2.52. The lowest BCUT2D eigenvalue weighted by Crippen LogP contribution is -2.30. The number of aryl methyl sites for hydroxylation is 4. The highest BCUT2D eigenvalue weighted by molar-refractivity contribution is 5.92. The number of aromatic nitrogens is 2. The van der Waals surface area contributed by atoms with Crippen molar-refractivity contribution in [2.75, 3.05) is 5.32 Å². The van der Waals surface area contributed by atoms with E-state index >= 15 is 0 Å². The van der Waals surface area contributed by atoms with Crippen LogP contribution >= 0.6 is 0 Å². The van der Waals surface area contributed by atoms with Crippen LogP contribution in [0, 0.1) is 13.8 Å². The smallest absolute Gasteiger partial charge is 0.267 e. The molecule has 0 saturated carbocycles. The van der Waals surface area contributed by atoms with Crippen molar-refractivity contribution in [3.05, 3.63) is 57.0 Å². The second kappa shape index (κ2) is 7.22. The molecule has 0 aliphatic carbocycles. The quantitative estimate of drug-likeness (QED) is 0.923. The van der Waals surface area contributed by atoms with Crippen molar-refractivity contribution < 1.29 is 4.79 Å². The lowest BCUT2D eigenvalue weighted by atomic mass is 10.0. The van der Waals surface area contributed by atoms with Gasteiger partial charge in [0.1, 0.15) is 6.54 Å². The third kappa shape index (κ3) is 3.86. The maximum Gasteiger partial charge on any atom is 0.267 e. The van der Waals surface area contributed by atoms with E-state index < -0.39 is 0 Å². The zero-order chi connectivity index (χ0) is 17.0. The molecule has 5 heteroatoms. The van der Waals surface area contributed by atoms with Gasteiger partial charge >= 0.3 is 0 Å². The summed E-state index contributed by atoms with van der Waals surface area (Å²) in [5.41, 5.74) is 4.37. The van der Waals surface area contributed by atoms with E-state index in [4.69, 9.17) is 0 Å². The molecule has 0 saturated heterocycles. The van der Waals surface area contributed by atoms with E-state index in [0.29, 0.717) is 0 Å². The number of carbonyl (C=O) groups excluding carboxylic acids is 1. The molecule has 0 bridgehead atoms. The minimum atomic E-state index is -0.261. The normalized spacial score (nSPS) is 10.6. The number of rotatable bonds is 5. The number of hydrogen-bond donors (Lipinski definition) is 1. The molecule has 0 aliphatic rings. The average molecular weight is 313 g/mol. The molecule has 1 aromatic carbocycles. The first-order chi connectivity index (χ1) is 11.0. The molecule has 1 N–H and O–H groups in total. The van der Waals surface area contributed by atoms with Crippen molar-refractivity contribution in [3.8, 4) is 0 Å². The van der Waals surface area contributed by atoms with E-state index in [1.54, 1.807) is 0 Å². The van der Waals surface area contributed by atoms with E-state index in [-0.39, 0.29) is 18.0 Å². The molecule has 122 valence electrons. The summed E-state index contributed by atoms with van der Waals surface area (Å²) < 4.78 is 1.21. The van der Waals surface area contributed by atoms with Gasteiger partial charge in [0.2, 0.25) is 5.91 Å². The van der Waals surface area contributed by atoms with Crippen LogP contribution in [0.4, 0.5) is 5.69 Å². The van der Waals surface area contributed by atoms with Crippen LogP contribution < -0.4 is 10.9 Å². The second-order valence-corrected chi connectivity index (χ2v) is 5.62. The predicted molar refractivity (Wildman–Crippen MR) is 91.8 cm³/mol. The van der Waals surface area contributed by atoms with E-state index in [1.165, 1.54) is 10.7 Å². The highest BCUT2D eigenvalue weighted by atomic mass is 16.2.